The van der Waals surface area contributed by atoms with Crippen LogP contribution in [0.3, 0.4) is 0 Å². The number of nitrogens with zero attached hydrogens (tertiary/aromatic N) is 2. The Morgan fingerprint density at radius 3 is 2.24 bits per heavy atom. The van der Waals surface area contributed by atoms with Crippen molar-refractivity contribution in [2.45, 2.75) is 72.6 Å². The van der Waals surface area contributed by atoms with E-state index in [1.54, 1.807) is 11.3 Å². The second kappa shape index (κ2) is 11.0. The molecule has 0 radical (unpaired) electrons. The lowest BCUT2D eigenvalue weighted by atomic mass is 9.87. The Labute approximate surface area is 199 Å². The van der Waals surface area contributed by atoms with Gasteiger partial charge in [-0.05, 0) is 61.8 Å². The first-order chi connectivity index (χ1) is 15.9. The normalized spacial score (nSPS) is 13.2. The molecule has 0 amide bonds. The van der Waals surface area contributed by atoms with Crippen molar-refractivity contribution in [1.82, 2.24) is 9.38 Å². The van der Waals surface area contributed by atoms with E-state index in [1.165, 1.54) is 11.3 Å². The van der Waals surface area contributed by atoms with Gasteiger partial charge in [0, 0.05) is 16.6 Å². The summed E-state index contributed by atoms with van der Waals surface area (Å²) in [5.74, 6) is 1.32. The Kier molecular flexibility index (Phi) is 8.30. The molecule has 2 aromatic heterocycles. The smallest absolute Gasteiger partial charge is 0.311 e. The van der Waals surface area contributed by atoms with E-state index in [2.05, 4.69) is 39.8 Å². The third-order valence-corrected chi connectivity index (χ3v) is 7.12. The first-order valence-electron chi connectivity index (χ1n) is 11.8. The molecule has 1 aromatic carbocycles. The highest BCUT2D eigenvalue weighted by Crippen LogP contribution is 2.41. The predicted octanol–water partition coefficient (Wildman–Crippen LogP) is 6.41. The molecule has 2 unspecified atom stereocenters. The average molecular weight is 471 g/mol. The Morgan fingerprint density at radius 1 is 1.09 bits per heavy atom. The number of carbonyl (C=O) groups is 2. The number of benzene rings is 1. The molecule has 0 fully saturated rings. The van der Waals surface area contributed by atoms with Gasteiger partial charge in [-0.15, -0.1) is 11.3 Å². The van der Waals surface area contributed by atoms with Gasteiger partial charge in [-0.1, -0.05) is 27.7 Å². The number of esters is 1. The van der Waals surface area contributed by atoms with Crippen LogP contribution >= 0.6 is 11.3 Å². The van der Waals surface area contributed by atoms with Crippen molar-refractivity contribution in [3.63, 3.8) is 0 Å². The van der Waals surface area contributed by atoms with E-state index in [4.69, 9.17) is 14.5 Å². The van der Waals surface area contributed by atoms with Crippen LogP contribution in [-0.2, 0) is 16.0 Å². The second-order valence-corrected chi connectivity index (χ2v) is 9.42. The van der Waals surface area contributed by atoms with Crippen molar-refractivity contribution >= 4 is 28.6 Å². The third kappa shape index (κ3) is 5.13. The summed E-state index contributed by atoms with van der Waals surface area (Å²) in [7, 11) is 0. The zero-order valence-electron chi connectivity index (χ0n) is 20.4. The molecule has 2 heterocycles. The Morgan fingerprint density at radius 2 is 1.73 bits per heavy atom. The van der Waals surface area contributed by atoms with Gasteiger partial charge in [-0.2, -0.15) is 0 Å². The molecule has 0 saturated heterocycles. The molecule has 7 heteroatoms. The molecule has 3 aromatic rings. The Balaban J connectivity index is 2.16. The van der Waals surface area contributed by atoms with E-state index in [-0.39, 0.29) is 12.4 Å². The topological polar surface area (TPSA) is 69.9 Å². The third-order valence-electron chi connectivity index (χ3n) is 6.14. The lowest BCUT2D eigenvalue weighted by Crippen LogP contribution is -2.07. The molecule has 0 spiro atoms. The Hall–Kier alpha value is -2.67. The molecular formula is C26H34N2O4S. The van der Waals surface area contributed by atoms with Crippen molar-refractivity contribution < 1.29 is 19.1 Å². The fourth-order valence-electron chi connectivity index (χ4n) is 3.96. The highest BCUT2D eigenvalue weighted by atomic mass is 32.1. The van der Waals surface area contributed by atoms with Crippen LogP contribution in [0.1, 0.15) is 92.7 Å². The number of aromatic nitrogens is 2. The number of imidazole rings is 1. The minimum atomic E-state index is -0.280. The number of fused-ring (bicyclic) bond motifs is 1. The van der Waals surface area contributed by atoms with Gasteiger partial charge < -0.3 is 9.47 Å². The van der Waals surface area contributed by atoms with Gasteiger partial charge in [0.15, 0.2) is 11.2 Å². The SMILES string of the molecule is CCOC(=O)Cc1cn2c(C=O)c(-c3cc(C(C)CC)c(OCC)c(C(C)CC)c3)nc2s1. The zero-order chi connectivity index (χ0) is 24.1. The Bertz CT molecular complexity index is 1100. The maximum Gasteiger partial charge on any atom is 0.311 e. The summed E-state index contributed by atoms with van der Waals surface area (Å²) in [5, 5.41) is 0. The maximum absolute atomic E-state index is 12.2. The molecule has 6 nitrogen and oxygen atoms in total. The van der Waals surface area contributed by atoms with E-state index >= 15 is 0 Å². The molecular weight excluding hydrogens is 436 g/mol. The first-order valence-corrected chi connectivity index (χ1v) is 12.6. The van der Waals surface area contributed by atoms with Crippen LogP contribution in [-0.4, -0.2) is 34.9 Å². The highest BCUT2D eigenvalue weighted by Gasteiger charge is 2.23. The number of thiazole rings is 1. The van der Waals surface area contributed by atoms with Crippen molar-refractivity contribution in [1.29, 1.82) is 0 Å². The average Bonchev–Trinajstić information content (AvgIpc) is 3.35. The molecule has 178 valence electrons. The molecule has 0 saturated carbocycles. The van der Waals surface area contributed by atoms with Crippen LogP contribution < -0.4 is 4.74 Å². The van der Waals surface area contributed by atoms with Gasteiger partial charge in [0.1, 0.15) is 17.1 Å². The number of hydrogen-bond acceptors (Lipinski definition) is 6. The van der Waals surface area contributed by atoms with Crippen molar-refractivity contribution in [2.24, 2.45) is 0 Å². The molecule has 0 aliphatic rings. The standard InChI is InChI=1S/C26H34N2O4S/c1-7-16(5)20-11-18(12-21(17(6)8-2)25(20)32-10-4)24-22(15-29)28-14-19(33-26(28)27-24)13-23(30)31-9-3/h11-12,14-17H,7-10,13H2,1-6H3. The molecule has 0 aliphatic carbocycles. The highest BCUT2D eigenvalue weighted by molar-refractivity contribution is 7.17. The van der Waals surface area contributed by atoms with Crippen LogP contribution in [0.25, 0.3) is 16.2 Å². The summed E-state index contributed by atoms with van der Waals surface area (Å²) in [5.41, 5.74) is 4.39. The zero-order valence-corrected chi connectivity index (χ0v) is 21.3. The van der Waals surface area contributed by atoms with Crippen LogP contribution in [0.5, 0.6) is 5.75 Å². The molecule has 0 N–H and O–H groups in total. The lowest BCUT2D eigenvalue weighted by molar-refractivity contribution is -0.142. The largest absolute Gasteiger partial charge is 0.493 e. The van der Waals surface area contributed by atoms with Crippen LogP contribution in [0.4, 0.5) is 0 Å². The van der Waals surface area contributed by atoms with Crippen molar-refractivity contribution in [2.75, 3.05) is 13.2 Å². The van der Waals surface area contributed by atoms with Crippen LogP contribution in [0.2, 0.25) is 0 Å². The minimum absolute atomic E-state index is 0.175. The maximum atomic E-state index is 12.2. The van der Waals surface area contributed by atoms with Crippen LogP contribution in [0.15, 0.2) is 18.3 Å². The number of ether oxygens (including phenoxy) is 2. The van der Waals surface area contributed by atoms with Crippen LogP contribution in [0, 0.1) is 0 Å². The predicted molar refractivity (Wildman–Crippen MR) is 133 cm³/mol. The van der Waals surface area contributed by atoms with Gasteiger partial charge in [-0.3, -0.25) is 14.0 Å². The summed E-state index contributed by atoms with van der Waals surface area (Å²) in [6, 6.07) is 4.26. The van der Waals surface area contributed by atoms with E-state index < -0.39 is 0 Å². The number of rotatable bonds is 11. The fraction of sp³-hybridized carbons (Fsp3) is 0.500. The number of hydrogen-bond donors (Lipinski definition) is 0. The summed E-state index contributed by atoms with van der Waals surface area (Å²) in [4.78, 5) is 30.3. The number of carbonyl (C=O) groups excluding carboxylic acids is 2. The molecule has 33 heavy (non-hydrogen) atoms. The molecule has 3 rings (SSSR count). The van der Waals surface area contributed by atoms with Gasteiger partial charge >= 0.3 is 5.97 Å². The summed E-state index contributed by atoms with van der Waals surface area (Å²) < 4.78 is 13.0. The molecule has 2 atom stereocenters. The van der Waals surface area contributed by atoms with Crippen molar-refractivity contribution in [3.05, 3.63) is 40.0 Å². The molecule has 0 aliphatic heterocycles. The van der Waals surface area contributed by atoms with Gasteiger partial charge in [0.05, 0.1) is 19.6 Å². The fourth-order valence-corrected chi connectivity index (χ4v) is 4.93. The van der Waals surface area contributed by atoms with E-state index in [0.717, 1.165) is 46.4 Å². The van der Waals surface area contributed by atoms with E-state index in [0.29, 0.717) is 41.4 Å². The second-order valence-electron chi connectivity index (χ2n) is 8.33. The van der Waals surface area contributed by atoms with E-state index in [9.17, 15) is 9.59 Å². The molecule has 0 bridgehead atoms. The summed E-state index contributed by atoms with van der Waals surface area (Å²) in [6.07, 6.45) is 4.81. The van der Waals surface area contributed by atoms with Gasteiger partial charge in [-0.25, -0.2) is 4.98 Å². The van der Waals surface area contributed by atoms with Gasteiger partial charge in [0.25, 0.3) is 0 Å². The monoisotopic (exact) mass is 470 g/mol. The lowest BCUT2D eigenvalue weighted by Gasteiger charge is -2.23. The van der Waals surface area contributed by atoms with Crippen molar-refractivity contribution in [3.8, 4) is 17.0 Å². The quantitative estimate of drug-likeness (QED) is 0.239. The first kappa shape index (κ1) is 25.0. The van der Waals surface area contributed by atoms with Gasteiger partial charge in [0.2, 0.25) is 0 Å². The summed E-state index contributed by atoms with van der Waals surface area (Å²) >= 11 is 1.41. The summed E-state index contributed by atoms with van der Waals surface area (Å²) in [6.45, 7) is 13.5. The van der Waals surface area contributed by atoms with E-state index in [1.807, 2.05) is 13.1 Å². The number of aldehydes is 1. The minimum Gasteiger partial charge on any atom is -0.493 e.